The van der Waals surface area contributed by atoms with E-state index in [0.29, 0.717) is 18.8 Å². The van der Waals surface area contributed by atoms with Gasteiger partial charge < -0.3 is 14.8 Å². The predicted molar refractivity (Wildman–Crippen MR) is 112 cm³/mol. The van der Waals surface area contributed by atoms with Gasteiger partial charge in [0, 0.05) is 17.7 Å². The fourth-order valence-electron chi connectivity index (χ4n) is 2.62. The summed E-state index contributed by atoms with van der Waals surface area (Å²) in [4.78, 5) is 12.3. The van der Waals surface area contributed by atoms with E-state index in [2.05, 4.69) is 12.2 Å². The maximum atomic E-state index is 12.3. The van der Waals surface area contributed by atoms with Crippen molar-refractivity contribution in [3.05, 3.63) is 89.5 Å². The third-order valence-electron chi connectivity index (χ3n) is 4.27. The second-order valence-electron chi connectivity index (χ2n) is 6.71. The van der Waals surface area contributed by atoms with Crippen molar-refractivity contribution in [2.24, 2.45) is 0 Å². The molecule has 3 aromatic carbocycles. The Labute approximate surface area is 166 Å². The van der Waals surface area contributed by atoms with Gasteiger partial charge in [-0.1, -0.05) is 35.4 Å². The molecule has 0 bridgehead atoms. The van der Waals surface area contributed by atoms with Crippen LogP contribution in [0.2, 0.25) is 0 Å². The molecule has 1 N–H and O–H groups in total. The summed E-state index contributed by atoms with van der Waals surface area (Å²) in [6, 6.07) is 22.9. The molecule has 3 aromatic rings. The molecule has 28 heavy (non-hydrogen) atoms. The molecule has 0 aromatic heterocycles. The van der Waals surface area contributed by atoms with Gasteiger partial charge in [0.05, 0.1) is 13.2 Å². The number of aryl methyl sites for hydroxylation is 2. The largest absolute Gasteiger partial charge is 0.493 e. The van der Waals surface area contributed by atoms with Crippen LogP contribution in [0.1, 0.15) is 27.9 Å². The zero-order valence-corrected chi connectivity index (χ0v) is 16.3. The van der Waals surface area contributed by atoms with Crippen LogP contribution in [0.25, 0.3) is 0 Å². The number of anilines is 1. The monoisotopic (exact) mass is 375 g/mol. The van der Waals surface area contributed by atoms with Crippen molar-refractivity contribution in [3.63, 3.8) is 0 Å². The SMILES string of the molecule is Cc1ccc(NC(=O)c2ccc(OCCCOc3ccc(C)cc3)cc2)cc1. The van der Waals surface area contributed by atoms with E-state index in [4.69, 9.17) is 9.47 Å². The lowest BCUT2D eigenvalue weighted by atomic mass is 10.2. The summed E-state index contributed by atoms with van der Waals surface area (Å²) in [6.45, 7) is 5.22. The molecule has 0 fully saturated rings. The molecule has 144 valence electrons. The molecule has 0 unspecified atom stereocenters. The number of ether oxygens (including phenoxy) is 2. The molecule has 4 heteroatoms. The molecule has 0 heterocycles. The Morgan fingerprint density at radius 1 is 0.714 bits per heavy atom. The zero-order chi connectivity index (χ0) is 19.8. The van der Waals surface area contributed by atoms with E-state index in [9.17, 15) is 4.79 Å². The maximum absolute atomic E-state index is 12.3. The van der Waals surface area contributed by atoms with E-state index in [0.717, 1.165) is 29.2 Å². The van der Waals surface area contributed by atoms with Gasteiger partial charge in [0.15, 0.2) is 0 Å². The van der Waals surface area contributed by atoms with Gasteiger partial charge in [0.2, 0.25) is 0 Å². The minimum absolute atomic E-state index is 0.137. The van der Waals surface area contributed by atoms with Crippen LogP contribution in [-0.2, 0) is 0 Å². The highest BCUT2D eigenvalue weighted by Gasteiger charge is 2.06. The zero-order valence-electron chi connectivity index (χ0n) is 16.3. The van der Waals surface area contributed by atoms with Crippen LogP contribution >= 0.6 is 0 Å². The number of carbonyl (C=O) groups is 1. The van der Waals surface area contributed by atoms with Crippen molar-refractivity contribution in [2.75, 3.05) is 18.5 Å². The van der Waals surface area contributed by atoms with Gasteiger partial charge >= 0.3 is 0 Å². The average Bonchev–Trinajstić information content (AvgIpc) is 2.71. The highest BCUT2D eigenvalue weighted by atomic mass is 16.5. The van der Waals surface area contributed by atoms with Crippen molar-refractivity contribution in [1.29, 1.82) is 0 Å². The summed E-state index contributed by atoms with van der Waals surface area (Å²) in [5.41, 5.74) is 3.75. The second-order valence-corrected chi connectivity index (χ2v) is 6.71. The highest BCUT2D eigenvalue weighted by Crippen LogP contribution is 2.16. The molecule has 0 atom stereocenters. The molecule has 0 spiro atoms. The van der Waals surface area contributed by atoms with Crippen LogP contribution in [-0.4, -0.2) is 19.1 Å². The number of amides is 1. The lowest BCUT2D eigenvalue weighted by Crippen LogP contribution is -2.11. The van der Waals surface area contributed by atoms with Crippen LogP contribution in [0.5, 0.6) is 11.5 Å². The Kier molecular flexibility index (Phi) is 6.68. The van der Waals surface area contributed by atoms with Crippen LogP contribution in [0.3, 0.4) is 0 Å². The van der Waals surface area contributed by atoms with Gasteiger partial charge in [0.1, 0.15) is 11.5 Å². The Balaban J connectivity index is 1.40. The summed E-state index contributed by atoms with van der Waals surface area (Å²) in [5, 5.41) is 2.89. The number of nitrogens with one attached hydrogen (secondary N) is 1. The Morgan fingerprint density at radius 3 is 1.71 bits per heavy atom. The third kappa shape index (κ3) is 5.88. The third-order valence-corrected chi connectivity index (χ3v) is 4.27. The van der Waals surface area contributed by atoms with Crippen molar-refractivity contribution in [1.82, 2.24) is 0 Å². The first-order chi connectivity index (χ1) is 13.6. The van der Waals surface area contributed by atoms with Crippen LogP contribution in [0, 0.1) is 13.8 Å². The Bertz CT molecular complexity index is 885. The summed E-state index contributed by atoms with van der Waals surface area (Å²) in [7, 11) is 0. The number of hydrogen-bond acceptors (Lipinski definition) is 3. The molecule has 3 rings (SSSR count). The molecule has 0 saturated carbocycles. The lowest BCUT2D eigenvalue weighted by molar-refractivity contribution is 0.102. The lowest BCUT2D eigenvalue weighted by Gasteiger charge is -2.09. The first-order valence-electron chi connectivity index (χ1n) is 9.40. The molecule has 0 aliphatic carbocycles. The van der Waals surface area contributed by atoms with E-state index in [1.807, 2.05) is 67.6 Å². The number of hydrogen-bond donors (Lipinski definition) is 1. The fourth-order valence-corrected chi connectivity index (χ4v) is 2.62. The normalized spacial score (nSPS) is 10.4. The Morgan fingerprint density at radius 2 is 1.18 bits per heavy atom. The van der Waals surface area contributed by atoms with E-state index in [1.165, 1.54) is 5.56 Å². The predicted octanol–water partition coefficient (Wildman–Crippen LogP) is 5.40. The van der Waals surface area contributed by atoms with Gasteiger partial charge in [-0.2, -0.15) is 0 Å². The summed E-state index contributed by atoms with van der Waals surface area (Å²) in [6.07, 6.45) is 0.781. The first kappa shape index (κ1) is 19.5. The van der Waals surface area contributed by atoms with Crippen LogP contribution in [0.15, 0.2) is 72.8 Å². The summed E-state index contributed by atoms with van der Waals surface area (Å²) >= 11 is 0. The van der Waals surface area contributed by atoms with Gasteiger partial charge in [0.25, 0.3) is 5.91 Å². The van der Waals surface area contributed by atoms with Gasteiger partial charge in [-0.15, -0.1) is 0 Å². The molecule has 0 aliphatic rings. The topological polar surface area (TPSA) is 47.6 Å². The molecular weight excluding hydrogens is 350 g/mol. The van der Waals surface area contributed by atoms with Crippen molar-refractivity contribution in [3.8, 4) is 11.5 Å². The maximum Gasteiger partial charge on any atom is 0.255 e. The van der Waals surface area contributed by atoms with Gasteiger partial charge in [-0.05, 0) is 62.4 Å². The van der Waals surface area contributed by atoms with Crippen LogP contribution in [0.4, 0.5) is 5.69 Å². The smallest absolute Gasteiger partial charge is 0.255 e. The second kappa shape index (κ2) is 9.60. The molecule has 4 nitrogen and oxygen atoms in total. The number of rotatable bonds is 8. The fraction of sp³-hybridized carbons (Fsp3) is 0.208. The molecule has 1 amide bonds. The quantitative estimate of drug-likeness (QED) is 0.536. The first-order valence-corrected chi connectivity index (χ1v) is 9.40. The van der Waals surface area contributed by atoms with Crippen molar-refractivity contribution < 1.29 is 14.3 Å². The van der Waals surface area contributed by atoms with E-state index >= 15 is 0 Å². The summed E-state index contributed by atoms with van der Waals surface area (Å²) in [5.74, 6) is 1.47. The van der Waals surface area contributed by atoms with Gasteiger partial charge in [-0.3, -0.25) is 4.79 Å². The van der Waals surface area contributed by atoms with E-state index < -0.39 is 0 Å². The minimum atomic E-state index is -0.137. The van der Waals surface area contributed by atoms with Crippen LogP contribution < -0.4 is 14.8 Å². The highest BCUT2D eigenvalue weighted by molar-refractivity contribution is 6.04. The van der Waals surface area contributed by atoms with Crippen molar-refractivity contribution in [2.45, 2.75) is 20.3 Å². The minimum Gasteiger partial charge on any atom is -0.493 e. The molecular formula is C24H25NO3. The average molecular weight is 375 g/mol. The number of benzene rings is 3. The van der Waals surface area contributed by atoms with Gasteiger partial charge in [-0.25, -0.2) is 0 Å². The summed E-state index contributed by atoms with van der Waals surface area (Å²) < 4.78 is 11.4. The molecule has 0 aliphatic heterocycles. The van der Waals surface area contributed by atoms with Crippen molar-refractivity contribution >= 4 is 11.6 Å². The molecule has 0 saturated heterocycles. The molecule has 0 radical (unpaired) electrons. The standard InChI is InChI=1S/C24H25NO3/c1-18-4-10-21(11-5-18)25-24(26)20-8-14-23(15-9-20)28-17-3-16-27-22-12-6-19(2)7-13-22/h4-15H,3,16-17H2,1-2H3,(H,25,26). The van der Waals surface area contributed by atoms with E-state index in [-0.39, 0.29) is 5.91 Å². The number of carbonyl (C=O) groups excluding carboxylic acids is 1. The van der Waals surface area contributed by atoms with E-state index in [1.54, 1.807) is 12.1 Å². The Hall–Kier alpha value is -3.27.